The third-order valence-corrected chi connectivity index (χ3v) is 3.06. The first kappa shape index (κ1) is 12.2. The molecule has 0 N–H and O–H groups in total. The lowest BCUT2D eigenvalue weighted by Crippen LogP contribution is -2.34. The zero-order valence-electron chi connectivity index (χ0n) is 9.67. The normalized spacial score (nSPS) is 21.6. The van der Waals surface area contributed by atoms with Gasteiger partial charge in [0, 0.05) is 19.3 Å². The average molecular weight is 244 g/mol. The number of aromatic nitrogens is 1. The first-order valence-corrected chi connectivity index (χ1v) is 5.75. The van der Waals surface area contributed by atoms with Crippen LogP contribution < -0.4 is 4.90 Å². The van der Waals surface area contributed by atoms with E-state index in [9.17, 15) is 13.2 Å². The zero-order valence-corrected chi connectivity index (χ0v) is 9.67. The lowest BCUT2D eigenvalue weighted by Gasteiger charge is -2.31. The second-order valence-corrected chi connectivity index (χ2v) is 4.60. The van der Waals surface area contributed by atoms with E-state index in [-0.39, 0.29) is 0 Å². The van der Waals surface area contributed by atoms with Crippen LogP contribution in [0.1, 0.15) is 25.3 Å². The molecule has 94 valence electrons. The SMILES string of the molecule is C[C@@H]1CCCN(c2ccc(C(F)(F)F)cn2)C1. The highest BCUT2D eigenvalue weighted by Crippen LogP contribution is 2.30. The minimum atomic E-state index is -4.30. The van der Waals surface area contributed by atoms with E-state index >= 15 is 0 Å². The summed E-state index contributed by atoms with van der Waals surface area (Å²) in [5.74, 6) is 1.22. The number of alkyl halides is 3. The Hall–Kier alpha value is -1.26. The number of pyridine rings is 1. The Morgan fingerprint density at radius 2 is 2.12 bits per heavy atom. The Morgan fingerprint density at radius 3 is 2.65 bits per heavy atom. The Bertz CT molecular complexity index is 372. The van der Waals surface area contributed by atoms with Crippen LogP contribution in [0.2, 0.25) is 0 Å². The molecule has 0 radical (unpaired) electrons. The van der Waals surface area contributed by atoms with Crippen molar-refractivity contribution in [3.05, 3.63) is 23.9 Å². The van der Waals surface area contributed by atoms with Crippen molar-refractivity contribution in [1.82, 2.24) is 4.98 Å². The molecular formula is C12H15F3N2. The van der Waals surface area contributed by atoms with E-state index < -0.39 is 11.7 Å². The number of nitrogens with zero attached hydrogens (tertiary/aromatic N) is 2. The van der Waals surface area contributed by atoms with Gasteiger partial charge in [-0.2, -0.15) is 13.2 Å². The Balaban J connectivity index is 2.12. The summed E-state index contributed by atoms with van der Waals surface area (Å²) < 4.78 is 37.1. The van der Waals surface area contributed by atoms with Gasteiger partial charge in [-0.3, -0.25) is 0 Å². The van der Waals surface area contributed by atoms with Crippen LogP contribution in [0.15, 0.2) is 18.3 Å². The van der Waals surface area contributed by atoms with Crippen LogP contribution in [0, 0.1) is 5.92 Å². The maximum atomic E-state index is 12.4. The lowest BCUT2D eigenvalue weighted by molar-refractivity contribution is -0.137. The molecule has 1 aromatic rings. The smallest absolute Gasteiger partial charge is 0.356 e. The largest absolute Gasteiger partial charge is 0.417 e. The molecule has 5 heteroatoms. The number of piperidine rings is 1. The lowest BCUT2D eigenvalue weighted by atomic mass is 10.0. The maximum Gasteiger partial charge on any atom is 0.417 e. The topological polar surface area (TPSA) is 16.1 Å². The zero-order chi connectivity index (χ0) is 12.5. The summed E-state index contributed by atoms with van der Waals surface area (Å²) in [6, 6.07) is 2.56. The molecule has 1 aromatic heterocycles. The molecule has 0 spiro atoms. The molecule has 2 nitrogen and oxygen atoms in total. The van der Waals surface area contributed by atoms with Gasteiger partial charge in [0.2, 0.25) is 0 Å². The van der Waals surface area contributed by atoms with Crippen molar-refractivity contribution in [1.29, 1.82) is 0 Å². The first-order valence-electron chi connectivity index (χ1n) is 5.75. The Labute approximate surface area is 98.5 Å². The molecule has 2 rings (SSSR count). The summed E-state index contributed by atoms with van der Waals surface area (Å²) in [6.45, 7) is 3.90. The van der Waals surface area contributed by atoms with Crippen LogP contribution in [0.5, 0.6) is 0 Å². The summed E-state index contributed by atoms with van der Waals surface area (Å²) in [5, 5.41) is 0. The molecule has 1 saturated heterocycles. The molecule has 1 aliphatic rings. The Kier molecular flexibility index (Phi) is 3.26. The molecular weight excluding hydrogens is 229 g/mol. The standard InChI is InChI=1S/C12H15F3N2/c1-9-3-2-6-17(8-9)11-5-4-10(7-16-11)12(13,14)15/h4-5,7,9H,2-3,6,8H2,1H3/t9-/m1/s1. The predicted molar refractivity (Wildman–Crippen MR) is 59.9 cm³/mol. The number of halogens is 3. The van der Waals surface area contributed by atoms with Crippen LogP contribution >= 0.6 is 0 Å². The van der Waals surface area contributed by atoms with Crippen LogP contribution in [-0.2, 0) is 6.18 Å². The highest BCUT2D eigenvalue weighted by Gasteiger charge is 2.31. The van der Waals surface area contributed by atoms with Crippen molar-refractivity contribution in [2.24, 2.45) is 5.92 Å². The fraction of sp³-hybridized carbons (Fsp3) is 0.583. The molecule has 0 unspecified atom stereocenters. The second-order valence-electron chi connectivity index (χ2n) is 4.60. The highest BCUT2D eigenvalue weighted by molar-refractivity contribution is 5.40. The first-order chi connectivity index (χ1) is 7.97. The second kappa shape index (κ2) is 4.55. The molecule has 2 heterocycles. The fourth-order valence-corrected chi connectivity index (χ4v) is 2.14. The van der Waals surface area contributed by atoms with Crippen molar-refractivity contribution in [2.75, 3.05) is 18.0 Å². The van der Waals surface area contributed by atoms with Crippen molar-refractivity contribution in [3.63, 3.8) is 0 Å². The van der Waals surface area contributed by atoms with Crippen LogP contribution in [0.25, 0.3) is 0 Å². The third-order valence-electron chi connectivity index (χ3n) is 3.06. The number of hydrogen-bond acceptors (Lipinski definition) is 2. The van der Waals surface area contributed by atoms with Gasteiger partial charge >= 0.3 is 6.18 Å². The number of hydrogen-bond donors (Lipinski definition) is 0. The van der Waals surface area contributed by atoms with Crippen molar-refractivity contribution >= 4 is 5.82 Å². The molecule has 1 fully saturated rings. The van der Waals surface area contributed by atoms with E-state index in [4.69, 9.17) is 0 Å². The van der Waals surface area contributed by atoms with Crippen LogP contribution in [0.3, 0.4) is 0 Å². The Morgan fingerprint density at radius 1 is 1.35 bits per heavy atom. The van der Waals surface area contributed by atoms with Gasteiger partial charge in [0.05, 0.1) is 5.56 Å². The van der Waals surface area contributed by atoms with E-state index in [1.54, 1.807) is 0 Å². The van der Waals surface area contributed by atoms with Gasteiger partial charge in [0.15, 0.2) is 0 Å². The van der Waals surface area contributed by atoms with E-state index in [1.165, 1.54) is 12.5 Å². The predicted octanol–water partition coefficient (Wildman–Crippen LogP) is 3.34. The monoisotopic (exact) mass is 244 g/mol. The molecule has 17 heavy (non-hydrogen) atoms. The highest BCUT2D eigenvalue weighted by atomic mass is 19.4. The molecule has 1 aliphatic heterocycles. The fourth-order valence-electron chi connectivity index (χ4n) is 2.14. The number of anilines is 1. The summed E-state index contributed by atoms with van der Waals surface area (Å²) in [7, 11) is 0. The molecule has 0 aliphatic carbocycles. The minimum Gasteiger partial charge on any atom is -0.356 e. The van der Waals surface area contributed by atoms with Crippen molar-refractivity contribution in [2.45, 2.75) is 25.9 Å². The molecule has 0 saturated carbocycles. The van der Waals surface area contributed by atoms with Crippen LogP contribution in [0.4, 0.5) is 19.0 Å². The van der Waals surface area contributed by atoms with Gasteiger partial charge in [0.25, 0.3) is 0 Å². The third kappa shape index (κ3) is 2.90. The van der Waals surface area contributed by atoms with Gasteiger partial charge in [-0.05, 0) is 30.9 Å². The summed E-state index contributed by atoms with van der Waals surface area (Å²) in [4.78, 5) is 5.96. The van der Waals surface area contributed by atoms with E-state index in [0.29, 0.717) is 11.7 Å². The van der Waals surface area contributed by atoms with Crippen molar-refractivity contribution < 1.29 is 13.2 Å². The minimum absolute atomic E-state index is 0.577. The van der Waals surface area contributed by atoms with E-state index in [0.717, 1.165) is 31.8 Å². The van der Waals surface area contributed by atoms with Gasteiger partial charge in [-0.25, -0.2) is 4.98 Å². The molecule has 0 aromatic carbocycles. The summed E-state index contributed by atoms with van der Waals surface area (Å²) in [6.07, 6.45) is -1.14. The van der Waals surface area contributed by atoms with Gasteiger partial charge in [-0.15, -0.1) is 0 Å². The molecule has 1 atom stereocenters. The maximum absolute atomic E-state index is 12.4. The van der Waals surface area contributed by atoms with Gasteiger partial charge in [-0.1, -0.05) is 6.92 Å². The van der Waals surface area contributed by atoms with Crippen LogP contribution in [-0.4, -0.2) is 18.1 Å². The average Bonchev–Trinajstić information content (AvgIpc) is 2.28. The van der Waals surface area contributed by atoms with Crippen molar-refractivity contribution in [3.8, 4) is 0 Å². The van der Waals surface area contributed by atoms with Gasteiger partial charge in [0.1, 0.15) is 5.82 Å². The van der Waals surface area contributed by atoms with E-state index in [2.05, 4.69) is 11.9 Å². The van der Waals surface area contributed by atoms with Gasteiger partial charge < -0.3 is 4.90 Å². The molecule has 0 amide bonds. The summed E-state index contributed by atoms with van der Waals surface area (Å²) >= 11 is 0. The number of rotatable bonds is 1. The quantitative estimate of drug-likeness (QED) is 0.753. The van der Waals surface area contributed by atoms with E-state index in [1.807, 2.05) is 4.90 Å². The summed E-state index contributed by atoms with van der Waals surface area (Å²) in [5.41, 5.74) is -0.689. The molecule has 0 bridgehead atoms.